The Morgan fingerprint density at radius 1 is 1.03 bits per heavy atom. The van der Waals surface area contributed by atoms with E-state index in [1.54, 1.807) is 26.0 Å². The van der Waals surface area contributed by atoms with Crippen LogP contribution in [0.5, 0.6) is 11.5 Å². The molecule has 2 aliphatic rings. The minimum atomic E-state index is -2.36. The summed E-state index contributed by atoms with van der Waals surface area (Å²) in [5, 5.41) is 21.5. The van der Waals surface area contributed by atoms with Gasteiger partial charge in [-0.15, -0.1) is 0 Å². The number of ether oxygens (including phenoxy) is 3. The van der Waals surface area contributed by atoms with Crippen LogP contribution in [-0.2, 0) is 20.5 Å². The molecule has 0 amide bonds. The van der Waals surface area contributed by atoms with Gasteiger partial charge in [0.1, 0.15) is 17.1 Å². The first-order valence-corrected chi connectivity index (χ1v) is 9.12. The van der Waals surface area contributed by atoms with E-state index < -0.39 is 35.8 Å². The Bertz CT molecular complexity index is 784. The summed E-state index contributed by atoms with van der Waals surface area (Å²) in [5.74, 6) is -1.36. The van der Waals surface area contributed by atoms with E-state index in [-0.39, 0.29) is 30.9 Å². The molecular formula is C20H31BO8. The Hall–Kier alpha value is -1.81. The molecule has 0 aliphatic carbocycles. The molecule has 0 unspecified atom stereocenters. The Labute approximate surface area is 172 Å². The van der Waals surface area contributed by atoms with Gasteiger partial charge in [0, 0.05) is 25.8 Å². The van der Waals surface area contributed by atoms with E-state index in [1.807, 2.05) is 27.7 Å². The zero-order valence-electron chi connectivity index (χ0n) is 17.3. The summed E-state index contributed by atoms with van der Waals surface area (Å²) >= 11 is 0. The van der Waals surface area contributed by atoms with Gasteiger partial charge in [-0.2, -0.15) is 0 Å². The quantitative estimate of drug-likeness (QED) is 0.443. The maximum Gasteiger partial charge on any atom is 0.521 e. The molecule has 0 aromatic heterocycles. The van der Waals surface area contributed by atoms with Crippen LogP contribution in [0.15, 0.2) is 12.1 Å². The maximum absolute atomic E-state index is 12.5. The van der Waals surface area contributed by atoms with Crippen molar-refractivity contribution in [1.29, 1.82) is 0 Å². The zero-order valence-corrected chi connectivity index (χ0v) is 17.3. The summed E-state index contributed by atoms with van der Waals surface area (Å²) in [6.07, 6.45) is -0.292. The Morgan fingerprint density at radius 3 is 2.10 bits per heavy atom. The standard InChI is InChI=1S/C19H27BO8.CH4/c1-16(2)17(3,4)28-20(27-16)19(22,23)10-11-8-9-12(24-7)13-14(11)25-18(5,6)26-15(13)21;/h8-9,22-23H,10H2,1-7H3;1H4. The number of carbonyl (C=O) groups excluding carboxylic acids is 1. The van der Waals surface area contributed by atoms with E-state index in [4.69, 9.17) is 23.5 Å². The molecule has 0 spiro atoms. The summed E-state index contributed by atoms with van der Waals surface area (Å²) < 4.78 is 27.9. The second-order valence-electron chi connectivity index (χ2n) is 8.67. The predicted molar refractivity (Wildman–Crippen MR) is 107 cm³/mol. The van der Waals surface area contributed by atoms with Gasteiger partial charge >= 0.3 is 13.1 Å². The van der Waals surface area contributed by atoms with Crippen molar-refractivity contribution in [2.24, 2.45) is 0 Å². The molecule has 8 nitrogen and oxygen atoms in total. The first-order valence-electron chi connectivity index (χ1n) is 9.12. The largest absolute Gasteiger partial charge is 0.521 e. The molecule has 0 saturated carbocycles. The summed E-state index contributed by atoms with van der Waals surface area (Å²) in [6.45, 7) is 10.5. The highest BCUT2D eigenvalue weighted by molar-refractivity contribution is 6.48. The molecule has 1 saturated heterocycles. The van der Waals surface area contributed by atoms with Crippen molar-refractivity contribution in [1.82, 2.24) is 0 Å². The third-order valence-electron chi connectivity index (χ3n) is 5.39. The van der Waals surface area contributed by atoms with E-state index >= 15 is 0 Å². The summed E-state index contributed by atoms with van der Waals surface area (Å²) in [7, 11) is 0.147. The van der Waals surface area contributed by atoms with Gasteiger partial charge in [0.05, 0.1) is 18.3 Å². The normalized spacial score (nSPS) is 21.6. The van der Waals surface area contributed by atoms with E-state index in [0.717, 1.165) is 0 Å². The molecule has 0 radical (unpaired) electrons. The molecule has 3 rings (SSSR count). The molecule has 9 heteroatoms. The van der Waals surface area contributed by atoms with Crippen LogP contribution in [0.25, 0.3) is 0 Å². The molecule has 1 aromatic rings. The molecule has 1 fully saturated rings. The summed E-state index contributed by atoms with van der Waals surface area (Å²) in [4.78, 5) is 12.5. The third-order valence-corrected chi connectivity index (χ3v) is 5.39. The first-order chi connectivity index (χ1) is 12.7. The highest BCUT2D eigenvalue weighted by Crippen LogP contribution is 2.43. The highest BCUT2D eigenvalue weighted by Gasteiger charge is 2.59. The number of benzene rings is 1. The molecule has 162 valence electrons. The molecule has 0 atom stereocenters. The number of aliphatic hydroxyl groups is 2. The summed E-state index contributed by atoms with van der Waals surface area (Å²) in [5.41, 5.74) is -3.32. The second-order valence-corrected chi connectivity index (χ2v) is 8.67. The fourth-order valence-electron chi connectivity index (χ4n) is 3.16. The van der Waals surface area contributed by atoms with Gasteiger partial charge in [0.15, 0.2) is 0 Å². The number of rotatable bonds is 4. The van der Waals surface area contributed by atoms with Crippen LogP contribution in [0.2, 0.25) is 0 Å². The third kappa shape index (κ3) is 4.09. The number of fused-ring (bicyclic) bond motifs is 1. The average Bonchev–Trinajstić information content (AvgIpc) is 2.75. The molecule has 0 bridgehead atoms. The number of hydrogen-bond donors (Lipinski definition) is 2. The van der Waals surface area contributed by atoms with Crippen molar-refractivity contribution in [3.63, 3.8) is 0 Å². The van der Waals surface area contributed by atoms with E-state index in [2.05, 4.69) is 0 Å². The van der Waals surface area contributed by atoms with Crippen molar-refractivity contribution in [3.8, 4) is 11.5 Å². The first kappa shape index (κ1) is 23.5. The fraction of sp³-hybridized carbons (Fsp3) is 0.650. The topological polar surface area (TPSA) is 104 Å². The number of esters is 1. The molecule has 2 aliphatic heterocycles. The van der Waals surface area contributed by atoms with Crippen LogP contribution in [0.4, 0.5) is 0 Å². The van der Waals surface area contributed by atoms with Gasteiger partial charge in [-0.3, -0.25) is 0 Å². The maximum atomic E-state index is 12.5. The number of hydrogen-bond acceptors (Lipinski definition) is 8. The van der Waals surface area contributed by atoms with Gasteiger partial charge in [0.2, 0.25) is 11.5 Å². The van der Waals surface area contributed by atoms with Crippen LogP contribution in [0.3, 0.4) is 0 Å². The SMILES string of the molecule is C.COc1ccc(CC(O)(O)B2OC(C)(C)C(C)(C)O2)c2c1C(=O)OC(C)(C)O2. The van der Waals surface area contributed by atoms with Crippen molar-refractivity contribution in [3.05, 3.63) is 23.3 Å². The second kappa shape index (κ2) is 7.16. The van der Waals surface area contributed by atoms with Crippen LogP contribution in [0.1, 0.15) is 64.9 Å². The van der Waals surface area contributed by atoms with E-state index in [1.165, 1.54) is 7.11 Å². The smallest absolute Gasteiger partial charge is 0.496 e. The lowest BCUT2D eigenvalue weighted by molar-refractivity contribution is -0.132. The van der Waals surface area contributed by atoms with Crippen molar-refractivity contribution in [2.45, 2.75) is 78.1 Å². The molecule has 2 N–H and O–H groups in total. The Kier molecular flexibility index (Phi) is 5.79. The van der Waals surface area contributed by atoms with Gasteiger partial charge in [-0.1, -0.05) is 13.5 Å². The molecule has 1 aromatic carbocycles. The predicted octanol–water partition coefficient (Wildman–Crippen LogP) is 2.47. The van der Waals surface area contributed by atoms with Crippen molar-refractivity contribution in [2.75, 3.05) is 7.11 Å². The van der Waals surface area contributed by atoms with Crippen LogP contribution in [0, 0.1) is 0 Å². The lowest BCUT2D eigenvalue weighted by Gasteiger charge is -2.34. The molecule has 2 heterocycles. The lowest BCUT2D eigenvalue weighted by atomic mass is 9.73. The van der Waals surface area contributed by atoms with Crippen LogP contribution < -0.4 is 9.47 Å². The average molecular weight is 410 g/mol. The van der Waals surface area contributed by atoms with Gasteiger partial charge in [0.25, 0.3) is 0 Å². The van der Waals surface area contributed by atoms with Gasteiger partial charge in [-0.05, 0) is 33.8 Å². The number of cyclic esters (lactones) is 1. The van der Waals surface area contributed by atoms with E-state index in [9.17, 15) is 15.0 Å². The van der Waals surface area contributed by atoms with Crippen LogP contribution in [-0.4, -0.2) is 53.1 Å². The molecular weight excluding hydrogens is 379 g/mol. The monoisotopic (exact) mass is 410 g/mol. The fourth-order valence-corrected chi connectivity index (χ4v) is 3.16. The van der Waals surface area contributed by atoms with Crippen LogP contribution >= 0.6 is 0 Å². The van der Waals surface area contributed by atoms with Crippen molar-refractivity contribution >= 4 is 13.1 Å². The van der Waals surface area contributed by atoms with Gasteiger partial charge in [-0.25, -0.2) is 4.79 Å². The van der Waals surface area contributed by atoms with Gasteiger partial charge < -0.3 is 33.7 Å². The highest BCUT2D eigenvalue weighted by atomic mass is 16.7. The van der Waals surface area contributed by atoms with Crippen molar-refractivity contribution < 1.29 is 38.5 Å². The zero-order chi connectivity index (χ0) is 21.1. The Balaban J connectivity index is 0.00000300. The number of carbonyl (C=O) groups is 1. The Morgan fingerprint density at radius 2 is 1.59 bits per heavy atom. The minimum Gasteiger partial charge on any atom is -0.496 e. The number of methoxy groups -OCH3 is 1. The van der Waals surface area contributed by atoms with E-state index in [0.29, 0.717) is 5.56 Å². The summed E-state index contributed by atoms with van der Waals surface area (Å²) in [6, 6.07) is 3.16. The lowest BCUT2D eigenvalue weighted by Crippen LogP contribution is -2.50. The molecule has 29 heavy (non-hydrogen) atoms. The minimum absolute atomic E-state index is 0.